The normalized spacial score (nSPS) is 15.2. The van der Waals surface area contributed by atoms with E-state index in [4.69, 9.17) is 10.5 Å². The van der Waals surface area contributed by atoms with Crippen molar-refractivity contribution in [2.45, 2.75) is 31.2 Å². The zero-order valence-corrected chi connectivity index (χ0v) is 12.9. The Morgan fingerprint density at radius 2 is 2.05 bits per heavy atom. The van der Waals surface area contributed by atoms with Gasteiger partial charge in [0.15, 0.2) is 11.6 Å². The van der Waals surface area contributed by atoms with Crippen LogP contribution in [0.3, 0.4) is 0 Å². The molecule has 5 nitrogen and oxygen atoms in total. The summed E-state index contributed by atoms with van der Waals surface area (Å²) in [6, 6.07) is 3.50. The monoisotopic (exact) mass is 304 g/mol. The van der Waals surface area contributed by atoms with Crippen LogP contribution in [0.5, 0.6) is 5.75 Å². The second-order valence-electron chi connectivity index (χ2n) is 5.18. The molecule has 0 saturated heterocycles. The molecule has 20 heavy (non-hydrogen) atoms. The molecule has 0 aromatic heterocycles. The molecule has 0 saturated carbocycles. The van der Waals surface area contributed by atoms with E-state index in [0.29, 0.717) is 0 Å². The number of nitrogens with one attached hydrogen (secondary N) is 1. The van der Waals surface area contributed by atoms with E-state index in [1.807, 2.05) is 13.8 Å². The van der Waals surface area contributed by atoms with Crippen LogP contribution in [0.15, 0.2) is 23.1 Å². The molecule has 0 amide bonds. The lowest BCUT2D eigenvalue weighted by atomic mass is 9.90. The smallest absolute Gasteiger partial charge is 0.241 e. The molecule has 1 aromatic rings. The third-order valence-electron chi connectivity index (χ3n) is 3.50. The van der Waals surface area contributed by atoms with Crippen LogP contribution in [0.1, 0.15) is 20.8 Å². The van der Waals surface area contributed by atoms with E-state index in [1.54, 1.807) is 6.92 Å². The number of ether oxygens (including phenoxy) is 1. The highest BCUT2D eigenvalue weighted by Gasteiger charge is 2.32. The van der Waals surface area contributed by atoms with E-state index in [0.717, 1.165) is 6.07 Å². The van der Waals surface area contributed by atoms with Gasteiger partial charge in [-0.1, -0.05) is 13.8 Å². The van der Waals surface area contributed by atoms with Gasteiger partial charge in [0.25, 0.3) is 0 Å². The van der Waals surface area contributed by atoms with Crippen LogP contribution in [-0.2, 0) is 10.0 Å². The van der Waals surface area contributed by atoms with Crippen molar-refractivity contribution in [3.63, 3.8) is 0 Å². The van der Waals surface area contributed by atoms with Crippen molar-refractivity contribution in [3.8, 4) is 5.75 Å². The minimum atomic E-state index is -3.85. The predicted octanol–water partition coefficient (Wildman–Crippen LogP) is 1.49. The molecule has 114 valence electrons. The summed E-state index contributed by atoms with van der Waals surface area (Å²) >= 11 is 0. The first-order valence-corrected chi connectivity index (χ1v) is 7.72. The van der Waals surface area contributed by atoms with Crippen LogP contribution >= 0.6 is 0 Å². The zero-order chi connectivity index (χ0) is 15.6. The van der Waals surface area contributed by atoms with Gasteiger partial charge in [0, 0.05) is 12.1 Å². The average Bonchev–Trinajstić information content (AvgIpc) is 2.37. The summed E-state index contributed by atoms with van der Waals surface area (Å²) in [4.78, 5) is -0.156. The van der Waals surface area contributed by atoms with Gasteiger partial charge in [0.2, 0.25) is 10.0 Å². The van der Waals surface area contributed by atoms with Gasteiger partial charge in [-0.3, -0.25) is 0 Å². The molecule has 1 atom stereocenters. The molecule has 0 bridgehead atoms. The number of methoxy groups -OCH3 is 1. The van der Waals surface area contributed by atoms with Crippen LogP contribution in [0.25, 0.3) is 0 Å². The molecule has 0 aliphatic heterocycles. The maximum atomic E-state index is 13.6. The lowest BCUT2D eigenvalue weighted by Gasteiger charge is -2.33. The Morgan fingerprint density at radius 3 is 2.45 bits per heavy atom. The van der Waals surface area contributed by atoms with Crippen molar-refractivity contribution >= 4 is 10.0 Å². The molecule has 3 N–H and O–H groups in total. The molecule has 0 aliphatic carbocycles. The average molecular weight is 304 g/mol. The number of rotatable bonds is 6. The fourth-order valence-electron chi connectivity index (χ4n) is 1.58. The molecule has 0 heterocycles. The van der Waals surface area contributed by atoms with Crippen molar-refractivity contribution in [1.29, 1.82) is 0 Å². The standard InChI is InChI=1S/C13H21FN2O3S/c1-9(2)13(3,8-15)16-20(17,18)10-5-6-12(19-4)11(14)7-10/h5-7,9,16H,8,15H2,1-4H3. The van der Waals surface area contributed by atoms with Crippen LogP contribution in [0, 0.1) is 11.7 Å². The third kappa shape index (κ3) is 3.47. The summed E-state index contributed by atoms with van der Waals surface area (Å²) in [6.07, 6.45) is 0. The van der Waals surface area contributed by atoms with Gasteiger partial charge < -0.3 is 10.5 Å². The number of nitrogens with two attached hydrogens (primary N) is 1. The minimum absolute atomic E-state index is 0.00519. The second-order valence-corrected chi connectivity index (χ2v) is 6.86. The fourth-order valence-corrected chi connectivity index (χ4v) is 3.13. The fraction of sp³-hybridized carbons (Fsp3) is 0.538. The van der Waals surface area contributed by atoms with Gasteiger partial charge in [-0.2, -0.15) is 0 Å². The first kappa shape index (κ1) is 16.9. The number of sulfonamides is 1. The molecule has 1 aromatic carbocycles. The second kappa shape index (κ2) is 6.07. The lowest BCUT2D eigenvalue weighted by molar-refractivity contribution is 0.314. The Balaban J connectivity index is 3.14. The highest BCUT2D eigenvalue weighted by molar-refractivity contribution is 7.89. The van der Waals surface area contributed by atoms with Gasteiger partial charge in [-0.05, 0) is 31.0 Å². The van der Waals surface area contributed by atoms with Gasteiger partial charge in [0.05, 0.1) is 12.0 Å². The van der Waals surface area contributed by atoms with Crippen molar-refractivity contribution in [2.24, 2.45) is 11.7 Å². The molecule has 1 rings (SSSR count). The molecule has 7 heteroatoms. The first-order valence-electron chi connectivity index (χ1n) is 6.24. The van der Waals surface area contributed by atoms with Crippen LogP contribution < -0.4 is 15.2 Å². The topological polar surface area (TPSA) is 81.4 Å². The zero-order valence-electron chi connectivity index (χ0n) is 12.1. The van der Waals surface area contributed by atoms with Gasteiger partial charge in [0.1, 0.15) is 0 Å². The Bertz CT molecular complexity index is 575. The maximum Gasteiger partial charge on any atom is 0.241 e. The number of halogens is 1. The Kier molecular flexibility index (Phi) is 5.12. The molecule has 0 radical (unpaired) electrons. The Labute approximate surface area is 119 Å². The molecule has 0 aliphatic rings. The maximum absolute atomic E-state index is 13.6. The van der Waals surface area contributed by atoms with Crippen molar-refractivity contribution in [3.05, 3.63) is 24.0 Å². The largest absolute Gasteiger partial charge is 0.494 e. The van der Waals surface area contributed by atoms with E-state index in [-0.39, 0.29) is 23.1 Å². The van der Waals surface area contributed by atoms with Crippen molar-refractivity contribution in [2.75, 3.05) is 13.7 Å². The highest BCUT2D eigenvalue weighted by Crippen LogP contribution is 2.23. The molecular formula is C13H21FN2O3S. The summed E-state index contributed by atoms with van der Waals surface area (Å²) in [6.45, 7) is 5.59. The van der Waals surface area contributed by atoms with E-state index in [1.165, 1.54) is 19.2 Å². The van der Waals surface area contributed by atoms with Gasteiger partial charge in [-0.25, -0.2) is 17.5 Å². The van der Waals surface area contributed by atoms with Gasteiger partial charge in [-0.15, -0.1) is 0 Å². The summed E-state index contributed by atoms with van der Waals surface area (Å²) in [5.74, 6) is -0.742. The van der Waals surface area contributed by atoms with Crippen LogP contribution in [0.2, 0.25) is 0 Å². The molecule has 0 fully saturated rings. The van der Waals surface area contributed by atoms with Crippen molar-refractivity contribution < 1.29 is 17.5 Å². The number of benzene rings is 1. The molecule has 0 spiro atoms. The Hall–Kier alpha value is -1.18. The SMILES string of the molecule is COc1ccc(S(=O)(=O)NC(C)(CN)C(C)C)cc1F. The number of hydrogen-bond acceptors (Lipinski definition) is 4. The van der Waals surface area contributed by atoms with E-state index < -0.39 is 21.4 Å². The van der Waals surface area contributed by atoms with Crippen LogP contribution in [0.4, 0.5) is 4.39 Å². The molecule has 1 unspecified atom stereocenters. The lowest BCUT2D eigenvalue weighted by Crippen LogP contribution is -2.54. The summed E-state index contributed by atoms with van der Waals surface area (Å²) in [7, 11) is -2.53. The van der Waals surface area contributed by atoms with Crippen molar-refractivity contribution in [1.82, 2.24) is 4.72 Å². The van der Waals surface area contributed by atoms with Gasteiger partial charge >= 0.3 is 0 Å². The minimum Gasteiger partial charge on any atom is -0.494 e. The molecular weight excluding hydrogens is 283 g/mol. The van der Waals surface area contributed by atoms with Crippen LogP contribution in [-0.4, -0.2) is 27.6 Å². The highest BCUT2D eigenvalue weighted by atomic mass is 32.2. The quantitative estimate of drug-likeness (QED) is 0.834. The van der Waals surface area contributed by atoms with E-state index in [9.17, 15) is 12.8 Å². The number of hydrogen-bond donors (Lipinski definition) is 2. The summed E-state index contributed by atoms with van der Waals surface area (Å²) < 4.78 is 45.5. The van der Waals surface area contributed by atoms with E-state index in [2.05, 4.69) is 4.72 Å². The van der Waals surface area contributed by atoms with E-state index >= 15 is 0 Å². The third-order valence-corrected chi connectivity index (χ3v) is 5.11. The first-order chi connectivity index (χ1) is 9.16. The predicted molar refractivity (Wildman–Crippen MR) is 75.6 cm³/mol. The Morgan fingerprint density at radius 1 is 1.45 bits per heavy atom. The summed E-state index contributed by atoms with van der Waals surface area (Å²) in [5.41, 5.74) is 4.85. The summed E-state index contributed by atoms with van der Waals surface area (Å²) in [5, 5.41) is 0.